The van der Waals surface area contributed by atoms with Crippen LogP contribution in [0.1, 0.15) is 45.2 Å². The van der Waals surface area contributed by atoms with Crippen LogP contribution in [0.15, 0.2) is 24.3 Å². The zero-order valence-corrected chi connectivity index (χ0v) is 12.2. The van der Waals surface area contributed by atoms with E-state index in [1.165, 1.54) is 17.5 Å². The normalized spacial score (nSPS) is 12.9. The quantitative estimate of drug-likeness (QED) is 0.709. The Morgan fingerprint density at radius 3 is 2.56 bits per heavy atom. The molecule has 0 aliphatic heterocycles. The van der Waals surface area contributed by atoms with E-state index in [-0.39, 0.29) is 0 Å². The second kappa shape index (κ2) is 8.28. The van der Waals surface area contributed by atoms with Crippen LogP contribution in [0.2, 0.25) is 0 Å². The first kappa shape index (κ1) is 15.2. The van der Waals surface area contributed by atoms with Crippen molar-refractivity contribution in [1.29, 1.82) is 0 Å². The average molecular weight is 249 g/mol. The topological polar surface area (TPSA) is 21.3 Å². The monoisotopic (exact) mass is 249 g/mol. The molecule has 18 heavy (non-hydrogen) atoms. The minimum absolute atomic E-state index is 0.312. The van der Waals surface area contributed by atoms with Crippen molar-refractivity contribution in [3.05, 3.63) is 35.4 Å². The molecular weight excluding hydrogens is 222 g/mol. The summed E-state index contributed by atoms with van der Waals surface area (Å²) in [5.41, 5.74) is 2.60. The summed E-state index contributed by atoms with van der Waals surface area (Å²) < 4.78 is 5.85. The summed E-state index contributed by atoms with van der Waals surface area (Å²) in [6.45, 7) is 11.4. The number of nitrogens with one attached hydrogen (secondary N) is 1. The number of ether oxygens (including phenoxy) is 1. The van der Waals surface area contributed by atoms with Crippen molar-refractivity contribution >= 4 is 0 Å². The molecule has 0 aliphatic rings. The van der Waals surface area contributed by atoms with E-state index in [1.54, 1.807) is 0 Å². The molecule has 0 amide bonds. The molecule has 0 heterocycles. The Hall–Kier alpha value is -0.860. The zero-order valence-electron chi connectivity index (χ0n) is 12.2. The minimum atomic E-state index is 0.312. The number of rotatable bonds is 8. The van der Waals surface area contributed by atoms with Gasteiger partial charge in [-0.15, -0.1) is 0 Å². The fraction of sp³-hybridized carbons (Fsp3) is 0.625. The second-order valence-corrected chi connectivity index (χ2v) is 5.26. The van der Waals surface area contributed by atoms with E-state index in [2.05, 4.69) is 57.3 Å². The lowest BCUT2D eigenvalue weighted by Crippen LogP contribution is -2.16. The number of hydrogen-bond acceptors (Lipinski definition) is 2. The summed E-state index contributed by atoms with van der Waals surface area (Å²) in [5, 5.41) is 3.42. The molecule has 0 aromatic heterocycles. The first-order valence-corrected chi connectivity index (χ1v) is 7.03. The second-order valence-electron chi connectivity index (χ2n) is 5.26. The summed E-state index contributed by atoms with van der Waals surface area (Å²) in [6.07, 6.45) is 1.49. The summed E-state index contributed by atoms with van der Waals surface area (Å²) >= 11 is 0. The Morgan fingerprint density at radius 2 is 1.89 bits per heavy atom. The fourth-order valence-electron chi connectivity index (χ4n) is 1.66. The third-order valence-corrected chi connectivity index (χ3v) is 3.20. The maximum Gasteiger partial charge on any atom is 0.0720 e. The maximum atomic E-state index is 5.85. The standard InChI is InChI=1S/C16H27NO/c1-5-9-17-11-15-7-6-8-16(10-15)12-18-14(4)13(2)3/h6-8,10,13-14,17H,5,9,11-12H2,1-4H3. The van der Waals surface area contributed by atoms with Gasteiger partial charge >= 0.3 is 0 Å². The third-order valence-electron chi connectivity index (χ3n) is 3.20. The zero-order chi connectivity index (χ0) is 13.4. The lowest BCUT2D eigenvalue weighted by molar-refractivity contribution is 0.0235. The van der Waals surface area contributed by atoms with E-state index < -0.39 is 0 Å². The van der Waals surface area contributed by atoms with Crippen LogP contribution in [-0.4, -0.2) is 12.6 Å². The largest absolute Gasteiger partial charge is 0.374 e. The molecular formula is C16H27NO. The van der Waals surface area contributed by atoms with E-state index in [1.807, 2.05) is 0 Å². The van der Waals surface area contributed by atoms with Gasteiger partial charge in [0.25, 0.3) is 0 Å². The Balaban J connectivity index is 2.44. The molecule has 0 spiro atoms. The third kappa shape index (κ3) is 5.65. The molecule has 1 rings (SSSR count). The highest BCUT2D eigenvalue weighted by molar-refractivity contribution is 5.22. The van der Waals surface area contributed by atoms with Crippen molar-refractivity contribution in [2.45, 2.75) is 53.4 Å². The minimum Gasteiger partial charge on any atom is -0.374 e. The molecule has 1 unspecified atom stereocenters. The van der Waals surface area contributed by atoms with Gasteiger partial charge in [-0.2, -0.15) is 0 Å². The molecule has 1 atom stereocenters. The molecule has 0 fully saturated rings. The molecule has 0 saturated heterocycles. The molecule has 0 saturated carbocycles. The van der Waals surface area contributed by atoms with E-state index in [4.69, 9.17) is 4.74 Å². The predicted octanol–water partition coefficient (Wildman–Crippen LogP) is 3.75. The molecule has 2 heteroatoms. The predicted molar refractivity (Wildman–Crippen MR) is 77.5 cm³/mol. The van der Waals surface area contributed by atoms with Crippen LogP contribution in [0, 0.1) is 5.92 Å². The molecule has 102 valence electrons. The van der Waals surface area contributed by atoms with E-state index in [0.29, 0.717) is 18.6 Å². The summed E-state index contributed by atoms with van der Waals surface area (Å²) in [7, 11) is 0. The Labute approximate surface area is 112 Å². The molecule has 1 aromatic rings. The van der Waals surface area contributed by atoms with Crippen molar-refractivity contribution in [2.75, 3.05) is 6.54 Å². The number of benzene rings is 1. The average Bonchev–Trinajstić information content (AvgIpc) is 2.36. The molecule has 0 aliphatic carbocycles. The highest BCUT2D eigenvalue weighted by Gasteiger charge is 2.07. The summed E-state index contributed by atoms with van der Waals surface area (Å²) in [6, 6.07) is 8.64. The Morgan fingerprint density at radius 1 is 1.17 bits per heavy atom. The summed E-state index contributed by atoms with van der Waals surface area (Å²) in [5.74, 6) is 0.569. The van der Waals surface area contributed by atoms with Crippen LogP contribution in [0.3, 0.4) is 0 Å². The van der Waals surface area contributed by atoms with Crippen molar-refractivity contribution in [3.8, 4) is 0 Å². The van der Waals surface area contributed by atoms with Gasteiger partial charge in [-0.05, 0) is 36.9 Å². The van der Waals surface area contributed by atoms with Gasteiger partial charge in [0.2, 0.25) is 0 Å². The number of hydrogen-bond donors (Lipinski definition) is 1. The van der Waals surface area contributed by atoms with Crippen LogP contribution in [-0.2, 0) is 17.9 Å². The van der Waals surface area contributed by atoms with E-state index in [0.717, 1.165) is 13.1 Å². The highest BCUT2D eigenvalue weighted by atomic mass is 16.5. The first-order chi connectivity index (χ1) is 8.63. The highest BCUT2D eigenvalue weighted by Crippen LogP contribution is 2.11. The van der Waals surface area contributed by atoms with Gasteiger partial charge in [0.15, 0.2) is 0 Å². The van der Waals surface area contributed by atoms with Crippen molar-refractivity contribution in [1.82, 2.24) is 5.32 Å². The van der Waals surface area contributed by atoms with E-state index in [9.17, 15) is 0 Å². The van der Waals surface area contributed by atoms with Crippen molar-refractivity contribution < 1.29 is 4.74 Å². The van der Waals surface area contributed by atoms with Gasteiger partial charge in [-0.1, -0.05) is 45.0 Å². The van der Waals surface area contributed by atoms with Crippen LogP contribution in [0.5, 0.6) is 0 Å². The van der Waals surface area contributed by atoms with Crippen LogP contribution < -0.4 is 5.32 Å². The van der Waals surface area contributed by atoms with Crippen molar-refractivity contribution in [3.63, 3.8) is 0 Å². The molecule has 1 N–H and O–H groups in total. The lowest BCUT2D eigenvalue weighted by Gasteiger charge is -2.16. The van der Waals surface area contributed by atoms with Gasteiger partial charge in [0.1, 0.15) is 0 Å². The Kier molecular flexibility index (Phi) is 6.99. The maximum absolute atomic E-state index is 5.85. The SMILES string of the molecule is CCCNCc1cccc(COC(C)C(C)C)c1. The molecule has 0 radical (unpaired) electrons. The van der Waals surface area contributed by atoms with Gasteiger partial charge in [-0.3, -0.25) is 0 Å². The van der Waals surface area contributed by atoms with E-state index >= 15 is 0 Å². The first-order valence-electron chi connectivity index (χ1n) is 7.03. The molecule has 0 bridgehead atoms. The fourth-order valence-corrected chi connectivity index (χ4v) is 1.66. The van der Waals surface area contributed by atoms with Crippen molar-refractivity contribution in [2.24, 2.45) is 5.92 Å². The molecule has 1 aromatic carbocycles. The van der Waals surface area contributed by atoms with Gasteiger partial charge in [0, 0.05) is 6.54 Å². The van der Waals surface area contributed by atoms with Gasteiger partial charge in [0.05, 0.1) is 12.7 Å². The Bertz CT molecular complexity index is 336. The molecule has 2 nitrogen and oxygen atoms in total. The van der Waals surface area contributed by atoms with Gasteiger partial charge < -0.3 is 10.1 Å². The lowest BCUT2D eigenvalue weighted by atomic mass is 10.1. The van der Waals surface area contributed by atoms with Crippen LogP contribution in [0.4, 0.5) is 0 Å². The summed E-state index contributed by atoms with van der Waals surface area (Å²) in [4.78, 5) is 0. The smallest absolute Gasteiger partial charge is 0.0720 e. The van der Waals surface area contributed by atoms with Gasteiger partial charge in [-0.25, -0.2) is 0 Å². The van der Waals surface area contributed by atoms with Crippen LogP contribution >= 0.6 is 0 Å². The van der Waals surface area contributed by atoms with Crippen LogP contribution in [0.25, 0.3) is 0 Å².